The molecular formula is C15H24ClN3O. The first-order valence-electron chi connectivity index (χ1n) is 7.17. The number of likely N-dealkylation sites (N-methyl/N-ethyl adjacent to an activating group) is 1. The van der Waals surface area contributed by atoms with E-state index in [0.29, 0.717) is 6.54 Å². The van der Waals surface area contributed by atoms with Gasteiger partial charge in [-0.05, 0) is 24.7 Å². The minimum absolute atomic E-state index is 0.308. The Labute approximate surface area is 126 Å². The van der Waals surface area contributed by atoms with Crippen molar-refractivity contribution in [3.8, 4) is 0 Å². The van der Waals surface area contributed by atoms with Gasteiger partial charge < -0.3 is 10.4 Å². The molecule has 1 aromatic carbocycles. The Morgan fingerprint density at radius 2 is 2.15 bits per heavy atom. The van der Waals surface area contributed by atoms with Gasteiger partial charge in [0, 0.05) is 50.8 Å². The Balaban J connectivity index is 1.74. The molecule has 1 atom stereocenters. The van der Waals surface area contributed by atoms with Crippen molar-refractivity contribution in [2.75, 3.05) is 46.3 Å². The number of hydrogen-bond donors (Lipinski definition) is 2. The third-order valence-electron chi connectivity index (χ3n) is 3.54. The van der Waals surface area contributed by atoms with Crippen LogP contribution in [0.1, 0.15) is 5.56 Å². The van der Waals surface area contributed by atoms with Gasteiger partial charge in [-0.3, -0.25) is 9.80 Å². The van der Waals surface area contributed by atoms with Crippen LogP contribution in [0, 0.1) is 0 Å². The maximum atomic E-state index is 10.2. The summed E-state index contributed by atoms with van der Waals surface area (Å²) in [6.45, 7) is 6.32. The van der Waals surface area contributed by atoms with Gasteiger partial charge in [-0.1, -0.05) is 23.7 Å². The normalized spacial score (nSPS) is 18.4. The maximum Gasteiger partial charge on any atom is 0.0793 e. The van der Waals surface area contributed by atoms with Crippen molar-refractivity contribution in [2.45, 2.75) is 12.6 Å². The number of β-amino-alcohol motifs (C(OH)–C–C–N with tert-alkyl or cyclic N) is 1. The molecule has 2 N–H and O–H groups in total. The van der Waals surface area contributed by atoms with Gasteiger partial charge in [0.2, 0.25) is 0 Å². The number of benzene rings is 1. The van der Waals surface area contributed by atoms with Gasteiger partial charge in [0.05, 0.1) is 6.10 Å². The van der Waals surface area contributed by atoms with Crippen LogP contribution in [0.3, 0.4) is 0 Å². The van der Waals surface area contributed by atoms with Crippen LogP contribution in [0.15, 0.2) is 24.3 Å². The third kappa shape index (κ3) is 5.38. The zero-order valence-corrected chi connectivity index (χ0v) is 12.8. The van der Waals surface area contributed by atoms with E-state index < -0.39 is 0 Å². The van der Waals surface area contributed by atoms with Gasteiger partial charge in [0.1, 0.15) is 0 Å². The van der Waals surface area contributed by atoms with Crippen LogP contribution in [0.4, 0.5) is 0 Å². The van der Waals surface area contributed by atoms with E-state index in [2.05, 4.69) is 21.2 Å². The highest BCUT2D eigenvalue weighted by atomic mass is 35.5. The summed E-state index contributed by atoms with van der Waals surface area (Å²) >= 11 is 5.98. The van der Waals surface area contributed by atoms with Gasteiger partial charge in [0.25, 0.3) is 0 Å². The molecule has 0 saturated carbocycles. The molecule has 1 aromatic rings. The molecule has 1 saturated heterocycles. The molecule has 0 radical (unpaired) electrons. The van der Waals surface area contributed by atoms with Crippen LogP contribution in [0.25, 0.3) is 0 Å². The number of hydrogen-bond acceptors (Lipinski definition) is 4. The van der Waals surface area contributed by atoms with E-state index in [0.717, 1.165) is 44.3 Å². The van der Waals surface area contributed by atoms with Gasteiger partial charge in [-0.25, -0.2) is 0 Å². The number of aliphatic hydroxyl groups excluding tert-OH is 1. The van der Waals surface area contributed by atoms with Crippen molar-refractivity contribution in [3.63, 3.8) is 0 Å². The first kappa shape index (κ1) is 15.7. The quantitative estimate of drug-likeness (QED) is 0.823. The zero-order chi connectivity index (χ0) is 14.4. The molecule has 0 amide bonds. The topological polar surface area (TPSA) is 38.7 Å². The first-order chi connectivity index (χ1) is 9.63. The van der Waals surface area contributed by atoms with Crippen LogP contribution in [0.5, 0.6) is 0 Å². The Kier molecular flexibility index (Phi) is 6.26. The summed E-state index contributed by atoms with van der Waals surface area (Å²) in [7, 11) is 2.03. The van der Waals surface area contributed by atoms with E-state index in [9.17, 15) is 5.11 Å². The molecule has 4 nitrogen and oxygen atoms in total. The molecule has 0 bridgehead atoms. The van der Waals surface area contributed by atoms with E-state index in [1.54, 1.807) is 0 Å². The molecular weight excluding hydrogens is 274 g/mol. The van der Waals surface area contributed by atoms with Crippen LogP contribution >= 0.6 is 11.6 Å². The molecule has 1 unspecified atom stereocenters. The number of nitrogens with one attached hydrogen (secondary N) is 1. The van der Waals surface area contributed by atoms with Crippen molar-refractivity contribution in [1.29, 1.82) is 0 Å². The standard InChI is InChI=1S/C15H24ClN3O/c1-18(10-13-3-2-4-14(16)9-13)11-15(20)12-19-7-5-17-6-8-19/h2-4,9,15,17,20H,5-8,10-12H2,1H3. The monoisotopic (exact) mass is 297 g/mol. The minimum Gasteiger partial charge on any atom is -0.390 e. The molecule has 5 heteroatoms. The number of nitrogens with zero attached hydrogens (tertiary/aromatic N) is 2. The van der Waals surface area contributed by atoms with E-state index in [-0.39, 0.29) is 6.10 Å². The van der Waals surface area contributed by atoms with Crippen molar-refractivity contribution >= 4 is 11.6 Å². The van der Waals surface area contributed by atoms with E-state index in [1.807, 2.05) is 25.2 Å². The van der Waals surface area contributed by atoms with E-state index in [4.69, 9.17) is 11.6 Å². The summed E-state index contributed by atoms with van der Waals surface area (Å²) in [4.78, 5) is 4.45. The van der Waals surface area contributed by atoms with Crippen LogP contribution in [-0.2, 0) is 6.54 Å². The molecule has 1 heterocycles. The number of aliphatic hydroxyl groups is 1. The number of rotatable bonds is 6. The fraction of sp³-hybridized carbons (Fsp3) is 0.600. The Morgan fingerprint density at radius 3 is 2.85 bits per heavy atom. The van der Waals surface area contributed by atoms with Crippen molar-refractivity contribution < 1.29 is 5.11 Å². The van der Waals surface area contributed by atoms with Crippen molar-refractivity contribution in [2.24, 2.45) is 0 Å². The highest BCUT2D eigenvalue weighted by molar-refractivity contribution is 6.30. The molecule has 0 aromatic heterocycles. The van der Waals surface area contributed by atoms with Gasteiger partial charge in [-0.2, -0.15) is 0 Å². The summed E-state index contributed by atoms with van der Waals surface area (Å²) in [6.07, 6.45) is -0.308. The Morgan fingerprint density at radius 1 is 1.40 bits per heavy atom. The predicted molar refractivity (Wildman–Crippen MR) is 83.1 cm³/mol. The molecule has 1 aliphatic heterocycles. The van der Waals surface area contributed by atoms with Crippen LogP contribution < -0.4 is 5.32 Å². The SMILES string of the molecule is CN(Cc1cccc(Cl)c1)CC(O)CN1CCNCC1. The Bertz CT molecular complexity index is 410. The van der Waals surface area contributed by atoms with Crippen molar-refractivity contribution in [3.05, 3.63) is 34.9 Å². The average Bonchev–Trinajstić information content (AvgIpc) is 2.39. The molecule has 1 fully saturated rings. The summed E-state index contributed by atoms with van der Waals surface area (Å²) in [5.74, 6) is 0. The van der Waals surface area contributed by atoms with Crippen LogP contribution in [0.2, 0.25) is 5.02 Å². The highest BCUT2D eigenvalue weighted by Crippen LogP contribution is 2.12. The molecule has 0 spiro atoms. The zero-order valence-electron chi connectivity index (χ0n) is 12.1. The summed E-state index contributed by atoms with van der Waals surface area (Å²) in [5, 5.41) is 14.3. The summed E-state index contributed by atoms with van der Waals surface area (Å²) < 4.78 is 0. The lowest BCUT2D eigenvalue weighted by atomic mass is 10.2. The first-order valence-corrected chi connectivity index (χ1v) is 7.55. The third-order valence-corrected chi connectivity index (χ3v) is 3.78. The fourth-order valence-corrected chi connectivity index (χ4v) is 2.83. The number of piperazine rings is 1. The number of halogens is 1. The van der Waals surface area contributed by atoms with Crippen LogP contribution in [-0.4, -0.2) is 67.3 Å². The highest BCUT2D eigenvalue weighted by Gasteiger charge is 2.15. The average molecular weight is 298 g/mol. The van der Waals surface area contributed by atoms with E-state index >= 15 is 0 Å². The lowest BCUT2D eigenvalue weighted by molar-refractivity contribution is 0.0752. The smallest absolute Gasteiger partial charge is 0.0793 e. The predicted octanol–water partition coefficient (Wildman–Crippen LogP) is 1.04. The molecule has 20 heavy (non-hydrogen) atoms. The van der Waals surface area contributed by atoms with E-state index in [1.165, 1.54) is 5.56 Å². The Hall–Kier alpha value is -0.650. The van der Waals surface area contributed by atoms with Gasteiger partial charge >= 0.3 is 0 Å². The van der Waals surface area contributed by atoms with Gasteiger partial charge in [0.15, 0.2) is 0 Å². The molecule has 1 aliphatic rings. The fourth-order valence-electron chi connectivity index (χ4n) is 2.62. The molecule has 0 aliphatic carbocycles. The largest absolute Gasteiger partial charge is 0.390 e. The second kappa shape index (κ2) is 7.96. The summed E-state index contributed by atoms with van der Waals surface area (Å²) in [5.41, 5.74) is 1.18. The molecule has 112 valence electrons. The van der Waals surface area contributed by atoms with Crippen molar-refractivity contribution in [1.82, 2.24) is 15.1 Å². The summed E-state index contributed by atoms with van der Waals surface area (Å²) in [6, 6.07) is 7.87. The molecule has 2 rings (SSSR count). The second-order valence-corrected chi connectivity index (χ2v) is 5.97. The lowest BCUT2D eigenvalue weighted by Gasteiger charge is -2.30. The van der Waals surface area contributed by atoms with Gasteiger partial charge in [-0.15, -0.1) is 0 Å². The minimum atomic E-state index is -0.308. The maximum absolute atomic E-state index is 10.2. The second-order valence-electron chi connectivity index (χ2n) is 5.53. The lowest BCUT2D eigenvalue weighted by Crippen LogP contribution is -2.47.